The Morgan fingerprint density at radius 2 is 1.74 bits per heavy atom. The van der Waals surface area contributed by atoms with Crippen molar-refractivity contribution in [1.82, 2.24) is 0 Å². The Morgan fingerprint density at radius 3 is 2.26 bits per heavy atom. The van der Waals surface area contributed by atoms with Gasteiger partial charge in [0.15, 0.2) is 0 Å². The van der Waals surface area contributed by atoms with Crippen molar-refractivity contribution in [2.45, 2.75) is 37.4 Å². The number of hydrogen-bond donors (Lipinski definition) is 0. The quantitative estimate of drug-likeness (QED) is 0.381. The predicted octanol–water partition coefficient (Wildman–Crippen LogP) is 5.20. The molecule has 0 heterocycles. The molecule has 19 heavy (non-hydrogen) atoms. The fourth-order valence-corrected chi connectivity index (χ4v) is 1.29. The van der Waals surface area contributed by atoms with E-state index < -0.39 is 9.95 Å². The highest BCUT2D eigenvalue weighted by molar-refractivity contribution is 6.67. The molecule has 3 nitrogen and oxygen atoms in total. The lowest BCUT2D eigenvalue weighted by Gasteiger charge is -2.10. The van der Waals surface area contributed by atoms with Crippen LogP contribution < -0.4 is 0 Å². The lowest BCUT2D eigenvalue weighted by atomic mass is 10.1. The van der Waals surface area contributed by atoms with E-state index in [0.717, 1.165) is 18.4 Å². The van der Waals surface area contributed by atoms with Gasteiger partial charge in [-0.2, -0.15) is 0 Å². The van der Waals surface area contributed by atoms with E-state index in [-0.39, 0.29) is 13.2 Å². The summed E-state index contributed by atoms with van der Waals surface area (Å²) in [6.07, 6.45) is 5.04. The van der Waals surface area contributed by atoms with E-state index in [1.807, 2.05) is 13.0 Å². The van der Waals surface area contributed by atoms with Gasteiger partial charge < -0.3 is 9.47 Å². The summed E-state index contributed by atoms with van der Waals surface area (Å²) < 4.78 is 7.80. The zero-order valence-corrected chi connectivity index (χ0v) is 13.6. The van der Waals surface area contributed by atoms with Crippen LogP contribution in [0.5, 0.6) is 0 Å². The molecule has 0 aromatic carbocycles. The van der Waals surface area contributed by atoms with Gasteiger partial charge in [0.1, 0.15) is 13.2 Å². The second-order valence-corrected chi connectivity index (χ2v) is 6.85. The highest BCUT2D eigenvalue weighted by atomic mass is 35.6. The Hall–Kier alpha value is -0.380. The molecule has 0 aromatic heterocycles. The standard InChI is InChI=1S/C13H19Cl3O3/c1-10(2)5-4-6-11(3)7-8-18-12(17)19-9-13(14,15)16/h5,7H,4,6,8-9H2,1-3H3/b11-7+. The minimum Gasteiger partial charge on any atom is -0.430 e. The molecule has 110 valence electrons. The van der Waals surface area contributed by atoms with Crippen LogP contribution in [0.3, 0.4) is 0 Å². The van der Waals surface area contributed by atoms with Crippen molar-refractivity contribution >= 4 is 41.0 Å². The summed E-state index contributed by atoms with van der Waals surface area (Å²) in [4.78, 5) is 11.1. The van der Waals surface area contributed by atoms with Gasteiger partial charge in [0.25, 0.3) is 0 Å². The maximum Gasteiger partial charge on any atom is 0.508 e. The normalized spacial score (nSPS) is 12.0. The Labute approximate surface area is 129 Å². The molecule has 0 atom stereocenters. The van der Waals surface area contributed by atoms with Crippen LogP contribution in [0.25, 0.3) is 0 Å². The van der Waals surface area contributed by atoms with Crippen molar-refractivity contribution in [2.24, 2.45) is 0 Å². The first-order chi connectivity index (χ1) is 8.70. The third-order valence-electron chi connectivity index (χ3n) is 2.08. The Morgan fingerprint density at radius 1 is 1.11 bits per heavy atom. The molecule has 0 rings (SSSR count). The van der Waals surface area contributed by atoms with Gasteiger partial charge in [-0.25, -0.2) is 4.79 Å². The average molecular weight is 330 g/mol. The van der Waals surface area contributed by atoms with Crippen molar-refractivity contribution < 1.29 is 14.3 Å². The molecule has 0 spiro atoms. The molecule has 0 aliphatic rings. The molecular formula is C13H19Cl3O3. The fourth-order valence-electron chi connectivity index (χ4n) is 1.12. The van der Waals surface area contributed by atoms with Crippen LogP contribution in [0.4, 0.5) is 4.79 Å². The first kappa shape index (κ1) is 18.6. The Balaban J connectivity index is 3.81. The first-order valence-corrected chi connectivity index (χ1v) is 6.99. The van der Waals surface area contributed by atoms with Gasteiger partial charge >= 0.3 is 6.16 Å². The van der Waals surface area contributed by atoms with Gasteiger partial charge in [0, 0.05) is 0 Å². The molecule has 0 aliphatic carbocycles. The summed E-state index contributed by atoms with van der Waals surface area (Å²) in [5, 5.41) is 0. The average Bonchev–Trinajstić information content (AvgIpc) is 2.25. The summed E-state index contributed by atoms with van der Waals surface area (Å²) >= 11 is 16.3. The van der Waals surface area contributed by atoms with Crippen LogP contribution in [0.15, 0.2) is 23.3 Å². The van der Waals surface area contributed by atoms with E-state index in [2.05, 4.69) is 24.7 Å². The van der Waals surface area contributed by atoms with E-state index in [4.69, 9.17) is 39.5 Å². The largest absolute Gasteiger partial charge is 0.508 e. The summed E-state index contributed by atoms with van der Waals surface area (Å²) in [5.41, 5.74) is 2.44. The molecule has 0 bridgehead atoms. The second-order valence-electron chi connectivity index (χ2n) is 4.34. The Bertz CT molecular complexity index is 340. The van der Waals surface area contributed by atoms with E-state index >= 15 is 0 Å². The molecule has 0 amide bonds. The number of halogens is 3. The monoisotopic (exact) mass is 328 g/mol. The summed E-state index contributed by atoms with van der Waals surface area (Å²) in [6.45, 7) is 5.92. The molecule has 0 radical (unpaired) electrons. The molecule has 0 unspecified atom stereocenters. The van der Waals surface area contributed by atoms with Gasteiger partial charge in [0.2, 0.25) is 3.79 Å². The summed E-state index contributed by atoms with van der Waals surface area (Å²) in [5.74, 6) is 0. The second kappa shape index (κ2) is 9.51. The van der Waals surface area contributed by atoms with Crippen LogP contribution >= 0.6 is 34.8 Å². The Kier molecular flexibility index (Phi) is 9.32. The van der Waals surface area contributed by atoms with Gasteiger partial charge in [-0.05, 0) is 39.7 Å². The van der Waals surface area contributed by atoms with Gasteiger partial charge in [-0.3, -0.25) is 0 Å². The van der Waals surface area contributed by atoms with Crippen LogP contribution in [0, 0.1) is 0 Å². The molecule has 0 saturated carbocycles. The maximum atomic E-state index is 11.1. The highest BCUT2D eigenvalue weighted by Crippen LogP contribution is 2.25. The number of hydrogen-bond acceptors (Lipinski definition) is 3. The van der Waals surface area contributed by atoms with Gasteiger partial charge in [-0.1, -0.05) is 52.0 Å². The van der Waals surface area contributed by atoms with Crippen molar-refractivity contribution in [3.63, 3.8) is 0 Å². The van der Waals surface area contributed by atoms with Crippen molar-refractivity contribution in [1.29, 1.82) is 0 Å². The third kappa shape index (κ3) is 13.8. The minimum atomic E-state index is -1.62. The lowest BCUT2D eigenvalue weighted by Crippen LogP contribution is -2.18. The van der Waals surface area contributed by atoms with Crippen LogP contribution in [0.1, 0.15) is 33.6 Å². The predicted molar refractivity (Wildman–Crippen MR) is 80.0 cm³/mol. The van der Waals surface area contributed by atoms with Gasteiger partial charge in [-0.15, -0.1) is 0 Å². The molecule has 0 saturated heterocycles. The third-order valence-corrected chi connectivity index (χ3v) is 2.41. The fraction of sp³-hybridized carbons (Fsp3) is 0.615. The van der Waals surface area contributed by atoms with Crippen molar-refractivity contribution in [3.8, 4) is 0 Å². The van der Waals surface area contributed by atoms with Crippen molar-refractivity contribution in [2.75, 3.05) is 13.2 Å². The number of rotatable bonds is 6. The van der Waals surface area contributed by atoms with E-state index in [9.17, 15) is 4.79 Å². The number of carbonyl (C=O) groups excluding carboxylic acids is 1. The van der Waals surface area contributed by atoms with Gasteiger partial charge in [0.05, 0.1) is 0 Å². The SMILES string of the molecule is CC(C)=CCC/C(C)=C/COC(=O)OCC(Cl)(Cl)Cl. The molecule has 0 aromatic rings. The van der Waals surface area contributed by atoms with Crippen molar-refractivity contribution in [3.05, 3.63) is 23.3 Å². The zero-order chi connectivity index (χ0) is 14.9. The molecular weight excluding hydrogens is 310 g/mol. The number of allylic oxidation sites excluding steroid dienone is 3. The zero-order valence-electron chi connectivity index (χ0n) is 11.3. The van der Waals surface area contributed by atoms with E-state index in [0.29, 0.717) is 0 Å². The highest BCUT2D eigenvalue weighted by Gasteiger charge is 2.22. The smallest absolute Gasteiger partial charge is 0.430 e. The summed E-state index contributed by atoms with van der Waals surface area (Å²) in [6, 6.07) is 0. The number of alkyl halides is 3. The molecule has 0 fully saturated rings. The van der Waals surface area contributed by atoms with Crippen LogP contribution in [-0.4, -0.2) is 23.2 Å². The van der Waals surface area contributed by atoms with Crippen LogP contribution in [-0.2, 0) is 9.47 Å². The minimum absolute atomic E-state index is 0.152. The summed E-state index contributed by atoms with van der Waals surface area (Å²) in [7, 11) is 0. The number of carbonyl (C=O) groups is 1. The van der Waals surface area contributed by atoms with E-state index in [1.54, 1.807) is 0 Å². The van der Waals surface area contributed by atoms with E-state index in [1.165, 1.54) is 5.57 Å². The lowest BCUT2D eigenvalue weighted by molar-refractivity contribution is 0.0645. The molecule has 0 aliphatic heterocycles. The topological polar surface area (TPSA) is 35.5 Å². The number of ether oxygens (including phenoxy) is 2. The molecule has 6 heteroatoms. The molecule has 0 N–H and O–H groups in total. The maximum absolute atomic E-state index is 11.1. The van der Waals surface area contributed by atoms with Crippen LogP contribution in [0.2, 0.25) is 0 Å². The first-order valence-electron chi connectivity index (χ1n) is 5.86.